The molecule has 0 aliphatic carbocycles. The summed E-state index contributed by atoms with van der Waals surface area (Å²) < 4.78 is 0. The highest BCUT2D eigenvalue weighted by molar-refractivity contribution is 5.94. The molecular formula is C14H23ClN2O. The van der Waals surface area contributed by atoms with E-state index in [0.717, 1.165) is 25.1 Å². The van der Waals surface area contributed by atoms with Gasteiger partial charge < -0.3 is 10.6 Å². The molecule has 0 bridgehead atoms. The smallest absolute Gasteiger partial charge is 0.241 e. The number of aryl methyl sites for hydroxylation is 1. The number of amides is 1. The predicted molar refractivity (Wildman–Crippen MR) is 79.5 cm³/mol. The lowest BCUT2D eigenvalue weighted by Gasteiger charge is -2.13. The standard InChI is InChI=1S/C14H22N2O.ClH/c1-4-10-15-11(3)14(17)16-13-8-6-12(5-2)7-9-13;/h6-9,11,15H,4-5,10H2,1-3H3,(H,16,17);1H. The molecule has 102 valence electrons. The summed E-state index contributed by atoms with van der Waals surface area (Å²) in [5, 5.41) is 6.06. The van der Waals surface area contributed by atoms with Crippen molar-refractivity contribution in [2.24, 2.45) is 0 Å². The van der Waals surface area contributed by atoms with Gasteiger partial charge in [-0.3, -0.25) is 4.79 Å². The maximum absolute atomic E-state index is 11.8. The second-order valence-corrected chi connectivity index (χ2v) is 4.22. The van der Waals surface area contributed by atoms with Crippen molar-refractivity contribution < 1.29 is 4.79 Å². The summed E-state index contributed by atoms with van der Waals surface area (Å²) in [7, 11) is 0. The van der Waals surface area contributed by atoms with E-state index in [1.54, 1.807) is 0 Å². The Balaban J connectivity index is 0.00000289. The van der Waals surface area contributed by atoms with Crippen LogP contribution in [-0.2, 0) is 11.2 Å². The number of carbonyl (C=O) groups excluding carboxylic acids is 1. The third-order valence-corrected chi connectivity index (χ3v) is 2.72. The van der Waals surface area contributed by atoms with Gasteiger partial charge in [0, 0.05) is 5.69 Å². The number of halogens is 1. The molecule has 1 rings (SSSR count). The van der Waals surface area contributed by atoms with Crippen molar-refractivity contribution in [1.29, 1.82) is 0 Å². The molecule has 0 spiro atoms. The number of benzene rings is 1. The Morgan fingerprint density at radius 2 is 1.83 bits per heavy atom. The van der Waals surface area contributed by atoms with Gasteiger partial charge in [0.2, 0.25) is 5.91 Å². The summed E-state index contributed by atoms with van der Waals surface area (Å²) in [5.74, 6) is 0.0164. The molecule has 1 unspecified atom stereocenters. The maximum Gasteiger partial charge on any atom is 0.241 e. The molecule has 18 heavy (non-hydrogen) atoms. The van der Waals surface area contributed by atoms with E-state index in [2.05, 4.69) is 24.5 Å². The monoisotopic (exact) mass is 270 g/mol. The highest BCUT2D eigenvalue weighted by atomic mass is 35.5. The maximum atomic E-state index is 11.8. The summed E-state index contributed by atoms with van der Waals surface area (Å²) in [6.07, 6.45) is 2.05. The fourth-order valence-electron chi connectivity index (χ4n) is 1.53. The Morgan fingerprint density at radius 3 is 2.33 bits per heavy atom. The Bertz CT molecular complexity index is 351. The zero-order valence-corrected chi connectivity index (χ0v) is 12.1. The van der Waals surface area contributed by atoms with Gasteiger partial charge >= 0.3 is 0 Å². The Labute approximate surface area is 116 Å². The zero-order valence-electron chi connectivity index (χ0n) is 11.3. The number of anilines is 1. The first-order chi connectivity index (χ1) is 8.17. The molecule has 0 saturated heterocycles. The minimum Gasteiger partial charge on any atom is -0.325 e. The highest BCUT2D eigenvalue weighted by Gasteiger charge is 2.11. The van der Waals surface area contributed by atoms with Gasteiger partial charge in [-0.05, 0) is 44.0 Å². The van der Waals surface area contributed by atoms with Crippen molar-refractivity contribution in [2.45, 2.75) is 39.7 Å². The Morgan fingerprint density at radius 1 is 1.22 bits per heavy atom. The van der Waals surface area contributed by atoms with E-state index < -0.39 is 0 Å². The van der Waals surface area contributed by atoms with E-state index in [9.17, 15) is 4.79 Å². The number of hydrogen-bond donors (Lipinski definition) is 2. The molecule has 2 N–H and O–H groups in total. The number of rotatable bonds is 6. The molecule has 1 aromatic rings. The number of carbonyl (C=O) groups is 1. The molecule has 0 saturated carbocycles. The van der Waals surface area contributed by atoms with Gasteiger partial charge in [-0.2, -0.15) is 0 Å². The van der Waals surface area contributed by atoms with E-state index in [0.29, 0.717) is 0 Å². The average Bonchev–Trinajstić information content (AvgIpc) is 2.36. The molecule has 0 fully saturated rings. The normalized spacial score (nSPS) is 11.5. The van der Waals surface area contributed by atoms with Gasteiger partial charge in [0.15, 0.2) is 0 Å². The lowest BCUT2D eigenvalue weighted by Crippen LogP contribution is -2.38. The molecule has 1 aromatic carbocycles. The van der Waals surface area contributed by atoms with E-state index in [1.165, 1.54) is 5.56 Å². The third kappa shape index (κ3) is 5.52. The van der Waals surface area contributed by atoms with Crippen molar-refractivity contribution in [3.8, 4) is 0 Å². The van der Waals surface area contributed by atoms with Crippen molar-refractivity contribution in [2.75, 3.05) is 11.9 Å². The molecule has 1 amide bonds. The summed E-state index contributed by atoms with van der Waals surface area (Å²) in [4.78, 5) is 11.8. The first-order valence-electron chi connectivity index (χ1n) is 6.30. The van der Waals surface area contributed by atoms with E-state index in [4.69, 9.17) is 0 Å². The fraction of sp³-hybridized carbons (Fsp3) is 0.500. The van der Waals surface area contributed by atoms with Crippen molar-refractivity contribution in [3.63, 3.8) is 0 Å². The molecule has 3 nitrogen and oxygen atoms in total. The second kappa shape index (κ2) is 8.95. The third-order valence-electron chi connectivity index (χ3n) is 2.72. The van der Waals surface area contributed by atoms with Crippen LogP contribution in [0.2, 0.25) is 0 Å². The Kier molecular flexibility index (Phi) is 8.42. The molecule has 0 aromatic heterocycles. The second-order valence-electron chi connectivity index (χ2n) is 4.22. The molecule has 4 heteroatoms. The minimum absolute atomic E-state index is 0. The minimum atomic E-state index is -0.152. The van der Waals surface area contributed by atoms with Crippen LogP contribution in [0.25, 0.3) is 0 Å². The van der Waals surface area contributed by atoms with Gasteiger partial charge in [-0.25, -0.2) is 0 Å². The molecule has 1 atom stereocenters. The topological polar surface area (TPSA) is 41.1 Å². The summed E-state index contributed by atoms with van der Waals surface area (Å²) in [6.45, 7) is 6.94. The molecule has 0 aliphatic heterocycles. The van der Waals surface area contributed by atoms with Crippen LogP contribution in [-0.4, -0.2) is 18.5 Å². The van der Waals surface area contributed by atoms with E-state index >= 15 is 0 Å². The molecule has 0 heterocycles. The van der Waals surface area contributed by atoms with Crippen molar-refractivity contribution in [1.82, 2.24) is 5.32 Å². The summed E-state index contributed by atoms with van der Waals surface area (Å²) in [6, 6.07) is 7.83. The van der Waals surface area contributed by atoms with Gasteiger partial charge in [-0.1, -0.05) is 26.0 Å². The largest absolute Gasteiger partial charge is 0.325 e. The van der Waals surface area contributed by atoms with Crippen LogP contribution in [0.15, 0.2) is 24.3 Å². The van der Waals surface area contributed by atoms with Gasteiger partial charge in [-0.15, -0.1) is 12.4 Å². The highest BCUT2D eigenvalue weighted by Crippen LogP contribution is 2.10. The summed E-state index contributed by atoms with van der Waals surface area (Å²) >= 11 is 0. The number of hydrogen-bond acceptors (Lipinski definition) is 2. The van der Waals surface area contributed by atoms with Crippen molar-refractivity contribution >= 4 is 24.0 Å². The lowest BCUT2D eigenvalue weighted by molar-refractivity contribution is -0.117. The van der Waals surface area contributed by atoms with E-state index in [-0.39, 0.29) is 24.4 Å². The van der Waals surface area contributed by atoms with Gasteiger partial charge in [0.1, 0.15) is 0 Å². The SMILES string of the molecule is CCCNC(C)C(=O)Nc1ccc(CC)cc1.Cl. The van der Waals surface area contributed by atoms with Crippen LogP contribution in [0.5, 0.6) is 0 Å². The average molecular weight is 271 g/mol. The van der Waals surface area contributed by atoms with Crippen LogP contribution in [0.3, 0.4) is 0 Å². The van der Waals surface area contributed by atoms with Crippen LogP contribution in [0, 0.1) is 0 Å². The van der Waals surface area contributed by atoms with E-state index in [1.807, 2.05) is 31.2 Å². The molecule has 0 aliphatic rings. The first kappa shape index (κ1) is 16.9. The fourth-order valence-corrected chi connectivity index (χ4v) is 1.53. The first-order valence-corrected chi connectivity index (χ1v) is 6.30. The van der Waals surface area contributed by atoms with Gasteiger partial charge in [0.25, 0.3) is 0 Å². The van der Waals surface area contributed by atoms with Crippen LogP contribution in [0.1, 0.15) is 32.8 Å². The quantitative estimate of drug-likeness (QED) is 0.834. The molecular weight excluding hydrogens is 248 g/mol. The Hall–Kier alpha value is -1.06. The van der Waals surface area contributed by atoms with Crippen LogP contribution in [0.4, 0.5) is 5.69 Å². The molecule has 0 radical (unpaired) electrons. The summed E-state index contributed by atoms with van der Waals surface area (Å²) in [5.41, 5.74) is 2.14. The predicted octanol–water partition coefficient (Wildman–Crippen LogP) is 3.00. The van der Waals surface area contributed by atoms with Gasteiger partial charge in [0.05, 0.1) is 6.04 Å². The number of nitrogens with one attached hydrogen (secondary N) is 2. The van der Waals surface area contributed by atoms with Crippen LogP contribution < -0.4 is 10.6 Å². The lowest BCUT2D eigenvalue weighted by atomic mass is 10.1. The zero-order chi connectivity index (χ0) is 12.7. The van der Waals surface area contributed by atoms with Crippen LogP contribution >= 0.6 is 12.4 Å². The van der Waals surface area contributed by atoms with Crippen molar-refractivity contribution in [3.05, 3.63) is 29.8 Å².